The minimum absolute atomic E-state index is 0.550. The number of rotatable bonds is 0. The van der Waals surface area contributed by atoms with Crippen molar-refractivity contribution in [2.45, 2.75) is 50.2 Å². The minimum atomic E-state index is -5.19. The van der Waals surface area contributed by atoms with Crippen LogP contribution in [0.4, 0.5) is 13.2 Å². The predicted octanol–water partition coefficient (Wildman–Crippen LogP) is 0.496. The summed E-state index contributed by atoms with van der Waals surface area (Å²) in [5.74, 6) is 0.240. The van der Waals surface area contributed by atoms with Gasteiger partial charge in [0.2, 0.25) is 0 Å². The molecule has 6 heteroatoms. The Bertz CT molecular complexity index is 305. The van der Waals surface area contributed by atoms with Crippen molar-refractivity contribution < 1.29 is 28.8 Å². The number of carbonyl (C=O) groups excluding carboxylic acids is 1. The molecule has 0 heterocycles. The van der Waals surface area contributed by atoms with E-state index in [1.54, 1.807) is 19.3 Å². The normalized spacial score (nSPS) is 41.2. The van der Waals surface area contributed by atoms with Crippen molar-refractivity contribution >= 4 is 5.97 Å². The van der Waals surface area contributed by atoms with Crippen molar-refractivity contribution in [1.82, 2.24) is 0 Å². The second-order valence-electron chi connectivity index (χ2n) is 6.20. The van der Waals surface area contributed by atoms with Gasteiger partial charge in [0.15, 0.2) is 0 Å². The maximum atomic E-state index is 10.5. The number of alkyl halides is 3. The molecule has 0 aromatic heterocycles. The molecule has 4 fully saturated rings. The van der Waals surface area contributed by atoms with Crippen LogP contribution in [0.5, 0.6) is 0 Å². The third kappa shape index (κ3) is 2.96. The largest absolute Gasteiger partial charge is 0.542 e. The zero-order chi connectivity index (χ0) is 13.6. The molecule has 0 amide bonds. The highest BCUT2D eigenvalue weighted by molar-refractivity contribution is 5.70. The van der Waals surface area contributed by atoms with Gasteiger partial charge in [0.1, 0.15) is 5.97 Å². The fourth-order valence-corrected chi connectivity index (χ4v) is 4.29. The van der Waals surface area contributed by atoms with E-state index in [-0.39, 0.29) is 0 Å². The molecule has 4 bridgehead atoms. The minimum Gasteiger partial charge on any atom is -0.542 e. The Hall–Kier alpha value is -0.780. The lowest BCUT2D eigenvalue weighted by Gasteiger charge is -2.52. The summed E-state index contributed by atoms with van der Waals surface area (Å²) in [7, 11) is 0. The Kier molecular flexibility index (Phi) is 3.34. The van der Waals surface area contributed by atoms with Crippen molar-refractivity contribution in [3.8, 4) is 0 Å². The molecular formula is C12H18F3NO2. The summed E-state index contributed by atoms with van der Waals surface area (Å²) in [5.41, 5.74) is 4.98. The number of carboxylic acids is 1. The lowest BCUT2D eigenvalue weighted by atomic mass is 9.53. The van der Waals surface area contributed by atoms with Crippen molar-refractivity contribution in [2.24, 2.45) is 17.8 Å². The van der Waals surface area contributed by atoms with E-state index in [1.807, 2.05) is 0 Å². The van der Waals surface area contributed by atoms with Gasteiger partial charge in [0.05, 0.1) is 5.54 Å². The van der Waals surface area contributed by atoms with E-state index in [1.165, 1.54) is 19.3 Å². The second-order valence-corrected chi connectivity index (χ2v) is 6.20. The SMILES string of the molecule is O=C([O-])C(F)(F)F.[NH3+]C12CC3CC(CC(C3)C1)C2. The third-order valence-electron chi connectivity index (χ3n) is 4.40. The van der Waals surface area contributed by atoms with Gasteiger partial charge < -0.3 is 15.6 Å². The highest BCUT2D eigenvalue weighted by Gasteiger charge is 2.51. The van der Waals surface area contributed by atoms with Crippen LogP contribution < -0.4 is 10.8 Å². The van der Waals surface area contributed by atoms with Crippen LogP contribution in [0.1, 0.15) is 38.5 Å². The molecule has 4 aliphatic rings. The van der Waals surface area contributed by atoms with Gasteiger partial charge in [-0.15, -0.1) is 0 Å². The number of hydrogen-bond acceptors (Lipinski definition) is 2. The summed E-state index contributed by atoms with van der Waals surface area (Å²) in [6.45, 7) is 0. The van der Waals surface area contributed by atoms with Gasteiger partial charge in [0, 0.05) is 19.3 Å². The maximum absolute atomic E-state index is 10.5. The van der Waals surface area contributed by atoms with Crippen LogP contribution in [0, 0.1) is 17.8 Å². The Morgan fingerprint density at radius 2 is 1.33 bits per heavy atom. The first-order valence-corrected chi connectivity index (χ1v) is 6.31. The maximum Gasteiger partial charge on any atom is 0.430 e. The molecule has 18 heavy (non-hydrogen) atoms. The molecule has 0 atom stereocenters. The smallest absolute Gasteiger partial charge is 0.430 e. The average molecular weight is 265 g/mol. The summed E-state index contributed by atoms with van der Waals surface area (Å²) in [4.78, 5) is 8.78. The Balaban J connectivity index is 0.000000152. The molecule has 0 unspecified atom stereocenters. The predicted molar refractivity (Wildman–Crippen MR) is 54.9 cm³/mol. The molecule has 0 radical (unpaired) electrons. The topological polar surface area (TPSA) is 67.8 Å². The quantitative estimate of drug-likeness (QED) is 0.693. The number of carbonyl (C=O) groups is 1. The van der Waals surface area contributed by atoms with Gasteiger partial charge in [-0.3, -0.25) is 0 Å². The van der Waals surface area contributed by atoms with E-state index in [9.17, 15) is 13.2 Å². The van der Waals surface area contributed by atoms with Crippen LogP contribution in [0.25, 0.3) is 0 Å². The van der Waals surface area contributed by atoms with Crippen molar-refractivity contribution in [3.63, 3.8) is 0 Å². The molecule has 0 spiro atoms. The standard InChI is InChI=1S/C10H17N.C2HF3O2/c11-10-4-7-1-8(5-10)3-9(2-7)6-10;3-2(4,5)1(6)7/h7-9H,1-6,11H2;(H,6,7). The lowest BCUT2D eigenvalue weighted by molar-refractivity contribution is -0.504. The molecule has 0 aliphatic heterocycles. The molecule has 4 saturated carbocycles. The first-order valence-electron chi connectivity index (χ1n) is 6.31. The van der Waals surface area contributed by atoms with Gasteiger partial charge >= 0.3 is 6.18 Å². The van der Waals surface area contributed by atoms with Gasteiger partial charge in [-0.05, 0) is 37.0 Å². The van der Waals surface area contributed by atoms with Crippen LogP contribution in [0.15, 0.2) is 0 Å². The van der Waals surface area contributed by atoms with Gasteiger partial charge in [-0.1, -0.05) is 0 Å². The molecule has 0 aromatic rings. The van der Waals surface area contributed by atoms with Crippen LogP contribution in [-0.4, -0.2) is 17.7 Å². The molecule has 104 valence electrons. The molecule has 0 saturated heterocycles. The van der Waals surface area contributed by atoms with Crippen LogP contribution in [0.2, 0.25) is 0 Å². The number of quaternary nitrogens is 1. The fraction of sp³-hybridized carbons (Fsp3) is 0.917. The number of hydrogen-bond donors (Lipinski definition) is 1. The van der Waals surface area contributed by atoms with E-state index in [0.29, 0.717) is 5.54 Å². The molecule has 4 aliphatic carbocycles. The number of carboxylic acid groups (broad SMARTS) is 1. The van der Waals surface area contributed by atoms with Crippen LogP contribution in [-0.2, 0) is 4.79 Å². The van der Waals surface area contributed by atoms with E-state index in [0.717, 1.165) is 17.8 Å². The highest BCUT2D eigenvalue weighted by atomic mass is 19.4. The van der Waals surface area contributed by atoms with Crippen LogP contribution >= 0.6 is 0 Å². The summed E-state index contributed by atoms with van der Waals surface area (Å²) in [6, 6.07) is 0. The Morgan fingerprint density at radius 1 is 1.06 bits per heavy atom. The van der Waals surface area contributed by atoms with Crippen molar-refractivity contribution in [2.75, 3.05) is 0 Å². The zero-order valence-corrected chi connectivity index (χ0v) is 10.1. The molecule has 4 rings (SSSR count). The number of halogens is 3. The third-order valence-corrected chi connectivity index (χ3v) is 4.40. The van der Waals surface area contributed by atoms with Gasteiger partial charge in [-0.2, -0.15) is 13.2 Å². The van der Waals surface area contributed by atoms with Crippen molar-refractivity contribution in [3.05, 3.63) is 0 Å². The lowest BCUT2D eigenvalue weighted by Crippen LogP contribution is -2.77. The van der Waals surface area contributed by atoms with E-state index in [2.05, 4.69) is 5.73 Å². The first kappa shape index (κ1) is 13.6. The summed E-state index contributed by atoms with van der Waals surface area (Å²) in [6.07, 6.45) is 3.83. The summed E-state index contributed by atoms with van der Waals surface area (Å²) in [5, 5.41) is 8.78. The Morgan fingerprint density at radius 3 is 1.50 bits per heavy atom. The molecular weight excluding hydrogens is 247 g/mol. The van der Waals surface area contributed by atoms with E-state index < -0.39 is 12.1 Å². The Labute approximate surface area is 104 Å². The van der Waals surface area contributed by atoms with Crippen molar-refractivity contribution in [1.29, 1.82) is 0 Å². The number of aliphatic carboxylic acids is 1. The monoisotopic (exact) mass is 265 g/mol. The molecule has 3 nitrogen and oxygen atoms in total. The fourth-order valence-electron chi connectivity index (χ4n) is 4.29. The van der Waals surface area contributed by atoms with Gasteiger partial charge in [0.25, 0.3) is 0 Å². The summed E-state index contributed by atoms with van der Waals surface area (Å²) >= 11 is 0. The molecule has 0 aromatic carbocycles. The van der Waals surface area contributed by atoms with E-state index in [4.69, 9.17) is 9.90 Å². The molecule has 3 N–H and O–H groups in total. The van der Waals surface area contributed by atoms with E-state index >= 15 is 0 Å². The highest BCUT2D eigenvalue weighted by Crippen LogP contribution is 2.53. The summed E-state index contributed by atoms with van der Waals surface area (Å²) < 4.78 is 31.5. The zero-order valence-electron chi connectivity index (χ0n) is 10.1. The first-order chi connectivity index (χ1) is 8.18. The van der Waals surface area contributed by atoms with Gasteiger partial charge in [-0.25, -0.2) is 0 Å². The second kappa shape index (κ2) is 4.40. The van der Waals surface area contributed by atoms with Crippen LogP contribution in [0.3, 0.4) is 0 Å². The average Bonchev–Trinajstić information content (AvgIpc) is 2.11.